The third-order valence-electron chi connectivity index (χ3n) is 5.96. The van der Waals surface area contributed by atoms with Crippen molar-refractivity contribution in [3.8, 4) is 17.6 Å². The Hall–Kier alpha value is -4.23. The maximum Gasteiger partial charge on any atom is 0.342 e. The van der Waals surface area contributed by atoms with Gasteiger partial charge in [0.25, 0.3) is 5.91 Å². The standard InChI is InChI=1S/C27H27F2N5O3/c1-27(2,16-30)9-8-17-4-7-24-23(11-17)33(3)25(35)22(15-37-24)32-26(36)34-14-18(13-31-34)10-19-5-6-20(28)12-21(19)29/h4-7,11-14,22H,10,15-16,30H2,1-3H3,(H,32,36)/t22-/m0/s1. The van der Waals surface area contributed by atoms with Crippen molar-refractivity contribution in [3.05, 3.63) is 77.1 Å². The molecule has 3 aromatic rings. The number of nitrogens with two attached hydrogens (primary N) is 1. The molecule has 0 unspecified atom stereocenters. The van der Waals surface area contributed by atoms with Gasteiger partial charge >= 0.3 is 6.03 Å². The first kappa shape index (κ1) is 25.9. The van der Waals surface area contributed by atoms with Crippen LogP contribution in [0.25, 0.3) is 0 Å². The highest BCUT2D eigenvalue weighted by atomic mass is 19.1. The Morgan fingerprint density at radius 2 is 2.05 bits per heavy atom. The van der Waals surface area contributed by atoms with E-state index in [1.54, 1.807) is 25.2 Å². The summed E-state index contributed by atoms with van der Waals surface area (Å²) in [4.78, 5) is 27.4. The van der Waals surface area contributed by atoms with Gasteiger partial charge in [0.15, 0.2) is 0 Å². The van der Waals surface area contributed by atoms with Gasteiger partial charge in [0.05, 0.1) is 11.9 Å². The number of nitrogens with zero attached hydrogens (tertiary/aromatic N) is 3. The molecule has 0 radical (unpaired) electrons. The molecule has 2 heterocycles. The molecule has 0 saturated heterocycles. The number of aromatic nitrogens is 2. The highest BCUT2D eigenvalue weighted by molar-refractivity contribution is 6.00. The largest absolute Gasteiger partial charge is 0.489 e. The Balaban J connectivity index is 1.45. The van der Waals surface area contributed by atoms with Gasteiger partial charge in [0, 0.05) is 43.3 Å². The number of likely N-dealkylation sites (N-methyl/N-ethyl adjacent to an activating group) is 1. The SMILES string of the molecule is CN1C(=O)[C@@H](NC(=O)n2cc(Cc3ccc(F)cc3F)cn2)COc2ccc(C#CC(C)(C)CN)cc21. The van der Waals surface area contributed by atoms with Crippen LogP contribution in [0.4, 0.5) is 19.3 Å². The Kier molecular flexibility index (Phi) is 7.27. The predicted molar refractivity (Wildman–Crippen MR) is 134 cm³/mol. The molecule has 1 aliphatic rings. The average molecular weight is 508 g/mol. The number of carbonyl (C=O) groups is 2. The van der Waals surface area contributed by atoms with Crippen LogP contribution in [0.5, 0.6) is 5.75 Å². The molecule has 8 nitrogen and oxygen atoms in total. The zero-order valence-electron chi connectivity index (χ0n) is 20.7. The number of ether oxygens (including phenoxy) is 1. The summed E-state index contributed by atoms with van der Waals surface area (Å²) in [7, 11) is 1.60. The van der Waals surface area contributed by atoms with Crippen molar-refractivity contribution in [1.29, 1.82) is 0 Å². The monoisotopic (exact) mass is 507 g/mol. The molecule has 0 saturated carbocycles. The molecule has 0 fully saturated rings. The minimum atomic E-state index is -0.974. The van der Waals surface area contributed by atoms with Crippen LogP contribution in [-0.2, 0) is 11.2 Å². The summed E-state index contributed by atoms with van der Waals surface area (Å²) < 4.78 is 33.9. The third kappa shape index (κ3) is 5.95. The molecule has 0 aliphatic carbocycles. The van der Waals surface area contributed by atoms with Crippen LogP contribution in [0.3, 0.4) is 0 Å². The molecular formula is C27H27F2N5O3. The molecule has 3 N–H and O–H groups in total. The molecule has 192 valence electrons. The molecule has 1 aromatic heterocycles. The van der Waals surface area contributed by atoms with E-state index >= 15 is 0 Å². The van der Waals surface area contributed by atoms with Crippen LogP contribution >= 0.6 is 0 Å². The van der Waals surface area contributed by atoms with Gasteiger partial charge in [0.1, 0.15) is 30.0 Å². The van der Waals surface area contributed by atoms with Crippen molar-refractivity contribution in [2.45, 2.75) is 26.3 Å². The second kappa shape index (κ2) is 10.4. The summed E-state index contributed by atoms with van der Waals surface area (Å²) in [5, 5.41) is 6.64. The van der Waals surface area contributed by atoms with Crippen molar-refractivity contribution in [2.24, 2.45) is 11.1 Å². The van der Waals surface area contributed by atoms with Gasteiger partial charge in [-0.1, -0.05) is 17.9 Å². The first-order chi connectivity index (χ1) is 17.6. The molecule has 2 aromatic carbocycles. The number of carbonyl (C=O) groups excluding carboxylic acids is 2. The first-order valence-corrected chi connectivity index (χ1v) is 11.6. The van der Waals surface area contributed by atoms with Crippen LogP contribution < -0.4 is 20.7 Å². The van der Waals surface area contributed by atoms with Gasteiger partial charge in [0.2, 0.25) is 0 Å². The summed E-state index contributed by atoms with van der Waals surface area (Å²) in [6.45, 7) is 4.22. The minimum Gasteiger partial charge on any atom is -0.489 e. The van der Waals surface area contributed by atoms with Crippen LogP contribution in [0, 0.1) is 28.9 Å². The Morgan fingerprint density at radius 1 is 1.27 bits per heavy atom. The molecule has 4 rings (SSSR count). The lowest BCUT2D eigenvalue weighted by molar-refractivity contribution is -0.120. The number of benzene rings is 2. The zero-order valence-corrected chi connectivity index (χ0v) is 20.7. The Morgan fingerprint density at radius 3 is 2.78 bits per heavy atom. The number of hydrogen-bond donors (Lipinski definition) is 2. The highest BCUT2D eigenvalue weighted by Gasteiger charge is 2.31. The molecule has 2 amide bonds. The Labute approximate surface area is 213 Å². The number of rotatable bonds is 4. The van der Waals surface area contributed by atoms with Crippen LogP contribution in [0.15, 0.2) is 48.8 Å². The van der Waals surface area contributed by atoms with Gasteiger partial charge in [-0.2, -0.15) is 9.78 Å². The lowest BCUT2D eigenvalue weighted by Gasteiger charge is -2.20. The number of nitrogens with one attached hydrogen (secondary N) is 1. The molecule has 1 aliphatic heterocycles. The molecule has 1 atom stereocenters. The van der Waals surface area contributed by atoms with Crippen molar-refractivity contribution < 1.29 is 23.1 Å². The van der Waals surface area contributed by atoms with Crippen molar-refractivity contribution in [3.63, 3.8) is 0 Å². The summed E-state index contributed by atoms with van der Waals surface area (Å²) in [5.74, 6) is 4.97. The minimum absolute atomic E-state index is 0.0813. The van der Waals surface area contributed by atoms with E-state index in [0.29, 0.717) is 29.1 Å². The number of amides is 2. The summed E-state index contributed by atoms with van der Waals surface area (Å²) in [6.07, 6.45) is 2.95. The number of anilines is 1. The second-order valence-corrected chi connectivity index (χ2v) is 9.44. The third-order valence-corrected chi connectivity index (χ3v) is 5.96. The summed E-state index contributed by atoms with van der Waals surface area (Å²) in [6, 6.07) is 6.97. The smallest absolute Gasteiger partial charge is 0.342 e. The van der Waals surface area contributed by atoms with E-state index in [9.17, 15) is 18.4 Å². The van der Waals surface area contributed by atoms with E-state index in [1.165, 1.54) is 23.4 Å². The fraction of sp³-hybridized carbons (Fsp3) is 0.296. The lowest BCUT2D eigenvalue weighted by Crippen LogP contribution is -2.50. The van der Waals surface area contributed by atoms with E-state index in [-0.39, 0.29) is 29.9 Å². The van der Waals surface area contributed by atoms with Crippen molar-refractivity contribution in [1.82, 2.24) is 15.1 Å². The van der Waals surface area contributed by atoms with Gasteiger partial charge in [-0.25, -0.2) is 13.6 Å². The van der Waals surface area contributed by atoms with Gasteiger partial charge in [-0.05, 0) is 49.2 Å². The van der Waals surface area contributed by atoms with E-state index < -0.39 is 23.7 Å². The van der Waals surface area contributed by atoms with Crippen LogP contribution in [-0.4, -0.2) is 48.0 Å². The molecule has 0 bridgehead atoms. The molecule has 37 heavy (non-hydrogen) atoms. The van der Waals surface area contributed by atoms with Crippen molar-refractivity contribution in [2.75, 3.05) is 25.1 Å². The average Bonchev–Trinajstić information content (AvgIpc) is 3.31. The topological polar surface area (TPSA) is 102 Å². The van der Waals surface area contributed by atoms with Gasteiger partial charge < -0.3 is 20.7 Å². The normalized spacial score (nSPS) is 15.2. The molecular weight excluding hydrogens is 480 g/mol. The fourth-order valence-electron chi connectivity index (χ4n) is 3.63. The number of halogens is 2. The highest BCUT2D eigenvalue weighted by Crippen LogP contribution is 2.31. The Bertz CT molecular complexity index is 1410. The van der Waals surface area contributed by atoms with E-state index in [2.05, 4.69) is 22.3 Å². The summed E-state index contributed by atoms with van der Waals surface area (Å²) in [5.41, 5.74) is 7.44. The van der Waals surface area contributed by atoms with E-state index in [0.717, 1.165) is 16.8 Å². The predicted octanol–water partition coefficient (Wildman–Crippen LogP) is 3.07. The zero-order chi connectivity index (χ0) is 26.7. The quantitative estimate of drug-likeness (QED) is 0.529. The van der Waals surface area contributed by atoms with Crippen LogP contribution in [0.2, 0.25) is 0 Å². The van der Waals surface area contributed by atoms with Gasteiger partial charge in [-0.15, -0.1) is 0 Å². The maximum absolute atomic E-state index is 14.0. The summed E-state index contributed by atoms with van der Waals surface area (Å²) >= 11 is 0. The fourth-order valence-corrected chi connectivity index (χ4v) is 3.63. The number of fused-ring (bicyclic) bond motifs is 1. The molecule has 0 spiro atoms. The number of hydrogen-bond acceptors (Lipinski definition) is 5. The van der Waals surface area contributed by atoms with E-state index in [1.807, 2.05) is 13.8 Å². The lowest BCUT2D eigenvalue weighted by atomic mass is 9.94. The maximum atomic E-state index is 14.0. The first-order valence-electron chi connectivity index (χ1n) is 11.6. The van der Waals surface area contributed by atoms with Gasteiger partial charge in [-0.3, -0.25) is 4.79 Å². The van der Waals surface area contributed by atoms with E-state index in [4.69, 9.17) is 10.5 Å². The second-order valence-electron chi connectivity index (χ2n) is 9.44. The van der Waals surface area contributed by atoms with Crippen molar-refractivity contribution >= 4 is 17.6 Å². The molecule has 10 heteroatoms. The van der Waals surface area contributed by atoms with Crippen LogP contribution in [0.1, 0.15) is 30.5 Å².